The number of benzene rings is 1. The number of halogens is 2. The molecule has 4 aromatic rings. The minimum absolute atomic E-state index is 0.102. The maximum absolute atomic E-state index is 13.8. The number of likely N-dealkylation sites (tertiary alicyclic amines) is 1. The smallest absolute Gasteiger partial charge is 0.387 e. The van der Waals surface area contributed by atoms with Gasteiger partial charge in [0.1, 0.15) is 23.6 Å². The van der Waals surface area contributed by atoms with Crippen molar-refractivity contribution in [3.05, 3.63) is 54.6 Å². The Balaban J connectivity index is 1.09. The molecule has 14 nitrogen and oxygen atoms in total. The number of carbonyl (C=O) groups excluding carboxylic acids is 2. The number of aromatic nitrogens is 5. The number of piperidine rings is 1. The van der Waals surface area contributed by atoms with Gasteiger partial charge in [0.05, 0.1) is 44.4 Å². The number of anilines is 1. The highest BCUT2D eigenvalue weighted by Crippen LogP contribution is 2.39. The van der Waals surface area contributed by atoms with Gasteiger partial charge in [0, 0.05) is 79.6 Å². The molecular formula is C36H45F2N9O5S. The van der Waals surface area contributed by atoms with Crippen LogP contribution < -0.4 is 10.1 Å². The van der Waals surface area contributed by atoms with Crippen LogP contribution in [0, 0.1) is 0 Å². The molecule has 7 rings (SSSR count). The first-order valence-electron chi connectivity index (χ1n) is 18.1. The minimum Gasteiger partial charge on any atom is -0.434 e. The Kier molecular flexibility index (Phi) is 11.8. The van der Waals surface area contributed by atoms with Crippen LogP contribution in [0.4, 0.5) is 14.5 Å². The van der Waals surface area contributed by atoms with Crippen molar-refractivity contribution in [3.8, 4) is 17.0 Å². The van der Waals surface area contributed by atoms with Crippen LogP contribution >= 0.6 is 11.8 Å². The highest BCUT2D eigenvalue weighted by Gasteiger charge is 2.35. The molecule has 3 aliphatic heterocycles. The van der Waals surface area contributed by atoms with Gasteiger partial charge < -0.3 is 24.4 Å². The number of rotatable bonds is 14. The molecule has 0 spiro atoms. The van der Waals surface area contributed by atoms with Gasteiger partial charge in [0.2, 0.25) is 5.91 Å². The monoisotopic (exact) mass is 753 g/mol. The van der Waals surface area contributed by atoms with E-state index in [1.807, 2.05) is 18.7 Å². The quantitative estimate of drug-likeness (QED) is 0.188. The Bertz CT molecular complexity index is 1870. The van der Waals surface area contributed by atoms with Gasteiger partial charge in [-0.15, -0.1) is 11.8 Å². The standard InChI is InChI=1S/C36H45F2N9O5S/c1-24(2)53-27-4-5-31(52-36(37)38)28(18-27)33-30(41-35(49)29-19-40-47-9-3-8-39-34(29)47)20-45(42-33)21-32(48)44-10-6-25(7-11-44)46(26-22-51-23-26)13-12-43-14-16-50-17-15-43/h3-5,8-9,18-20,24-26,36H,6-7,10-17,21-23H2,1-2H3,(H,41,49). The number of alkyl halides is 2. The zero-order valence-electron chi connectivity index (χ0n) is 29.9. The van der Waals surface area contributed by atoms with Gasteiger partial charge in [0.15, 0.2) is 5.65 Å². The predicted octanol–water partition coefficient (Wildman–Crippen LogP) is 3.97. The van der Waals surface area contributed by atoms with E-state index in [1.54, 1.807) is 48.6 Å². The molecule has 2 amide bonds. The van der Waals surface area contributed by atoms with Crippen LogP contribution in [0.15, 0.2) is 53.9 Å². The van der Waals surface area contributed by atoms with Crippen molar-refractivity contribution >= 4 is 34.9 Å². The summed E-state index contributed by atoms with van der Waals surface area (Å²) in [5, 5.41) is 12.0. The SMILES string of the molecule is CC(C)Sc1ccc(OC(F)F)c(-c2nn(CC(=O)N3CCC(N(CCN4CCOCC4)C4COC4)CC3)cc2NC(=O)c2cnn3cccnc23)c1. The van der Waals surface area contributed by atoms with Crippen LogP contribution in [0.25, 0.3) is 16.9 Å². The fourth-order valence-electron chi connectivity index (χ4n) is 7.05. The fourth-order valence-corrected chi connectivity index (χ4v) is 7.93. The van der Waals surface area contributed by atoms with Gasteiger partial charge in [-0.2, -0.15) is 19.0 Å². The van der Waals surface area contributed by atoms with Crippen molar-refractivity contribution in [2.24, 2.45) is 0 Å². The van der Waals surface area contributed by atoms with Crippen LogP contribution in [0.1, 0.15) is 37.0 Å². The molecule has 1 N–H and O–H groups in total. The number of carbonyl (C=O) groups is 2. The van der Waals surface area contributed by atoms with Gasteiger partial charge in [-0.05, 0) is 37.1 Å². The number of thioether (sulfide) groups is 1. The van der Waals surface area contributed by atoms with Crippen LogP contribution in [0.2, 0.25) is 0 Å². The molecule has 3 aliphatic rings. The zero-order chi connectivity index (χ0) is 36.9. The zero-order valence-corrected chi connectivity index (χ0v) is 30.7. The second kappa shape index (κ2) is 16.9. The van der Waals surface area contributed by atoms with Crippen molar-refractivity contribution < 1.29 is 32.6 Å². The number of amides is 2. The van der Waals surface area contributed by atoms with Gasteiger partial charge in [-0.1, -0.05) is 13.8 Å². The summed E-state index contributed by atoms with van der Waals surface area (Å²) in [4.78, 5) is 39.3. The first kappa shape index (κ1) is 37.2. The average Bonchev–Trinajstić information content (AvgIpc) is 3.74. The summed E-state index contributed by atoms with van der Waals surface area (Å²) in [7, 11) is 0. The summed E-state index contributed by atoms with van der Waals surface area (Å²) in [6.45, 7) is 8.91. The van der Waals surface area contributed by atoms with Crippen molar-refractivity contribution in [2.75, 3.05) is 71.0 Å². The Hall–Kier alpha value is -4.16. The van der Waals surface area contributed by atoms with E-state index in [2.05, 4.69) is 25.2 Å². The average molecular weight is 754 g/mol. The lowest BCUT2D eigenvalue weighted by Crippen LogP contribution is -2.58. The molecule has 6 heterocycles. The molecule has 0 saturated carbocycles. The van der Waals surface area contributed by atoms with Crippen molar-refractivity contribution in [3.63, 3.8) is 0 Å². The molecule has 284 valence electrons. The molecule has 3 fully saturated rings. The number of hydrogen-bond donors (Lipinski definition) is 1. The van der Waals surface area contributed by atoms with E-state index >= 15 is 0 Å². The topological polar surface area (TPSA) is 132 Å². The summed E-state index contributed by atoms with van der Waals surface area (Å²) >= 11 is 1.55. The summed E-state index contributed by atoms with van der Waals surface area (Å²) in [6, 6.07) is 7.34. The van der Waals surface area contributed by atoms with Crippen LogP contribution in [0.3, 0.4) is 0 Å². The van der Waals surface area contributed by atoms with Gasteiger partial charge in [-0.3, -0.25) is 24.1 Å². The van der Waals surface area contributed by atoms with Crippen LogP contribution in [-0.2, 0) is 20.8 Å². The van der Waals surface area contributed by atoms with Crippen molar-refractivity contribution in [1.82, 2.24) is 39.1 Å². The second-order valence-electron chi connectivity index (χ2n) is 13.7. The molecule has 0 aliphatic carbocycles. The molecule has 0 radical (unpaired) electrons. The Morgan fingerprint density at radius 3 is 2.60 bits per heavy atom. The predicted molar refractivity (Wildman–Crippen MR) is 194 cm³/mol. The molecule has 53 heavy (non-hydrogen) atoms. The molecule has 0 atom stereocenters. The summed E-state index contributed by atoms with van der Waals surface area (Å²) in [5.41, 5.74) is 1.23. The fraction of sp³-hybridized carbons (Fsp3) is 0.528. The van der Waals surface area contributed by atoms with E-state index in [0.717, 1.165) is 70.3 Å². The highest BCUT2D eigenvalue weighted by atomic mass is 32.2. The summed E-state index contributed by atoms with van der Waals surface area (Å²) in [6.07, 6.45) is 7.88. The van der Waals surface area contributed by atoms with Crippen molar-refractivity contribution in [2.45, 2.75) is 62.1 Å². The number of morpholine rings is 1. The molecule has 1 aromatic carbocycles. The first-order valence-corrected chi connectivity index (χ1v) is 18.9. The van der Waals surface area contributed by atoms with E-state index in [9.17, 15) is 18.4 Å². The molecule has 0 bridgehead atoms. The summed E-state index contributed by atoms with van der Waals surface area (Å²) < 4.78 is 46.2. The maximum atomic E-state index is 13.8. The molecule has 3 saturated heterocycles. The number of ether oxygens (including phenoxy) is 3. The van der Waals surface area contributed by atoms with Gasteiger partial charge >= 0.3 is 6.61 Å². The largest absolute Gasteiger partial charge is 0.434 e. The first-order chi connectivity index (χ1) is 25.7. The highest BCUT2D eigenvalue weighted by molar-refractivity contribution is 7.99. The second-order valence-corrected chi connectivity index (χ2v) is 15.3. The Morgan fingerprint density at radius 2 is 1.89 bits per heavy atom. The number of nitrogens with zero attached hydrogens (tertiary/aromatic N) is 8. The van der Waals surface area contributed by atoms with E-state index in [0.29, 0.717) is 30.8 Å². The lowest BCUT2D eigenvalue weighted by Gasteiger charge is -2.46. The van der Waals surface area contributed by atoms with Crippen LogP contribution in [0.5, 0.6) is 5.75 Å². The Morgan fingerprint density at radius 1 is 1.09 bits per heavy atom. The molecule has 17 heteroatoms. The Labute approximate surface area is 310 Å². The third-order valence-corrected chi connectivity index (χ3v) is 10.8. The number of fused-ring (bicyclic) bond motifs is 1. The lowest BCUT2D eigenvalue weighted by molar-refractivity contribution is -0.135. The van der Waals surface area contributed by atoms with Gasteiger partial charge in [0.25, 0.3) is 5.91 Å². The third kappa shape index (κ3) is 8.97. The van der Waals surface area contributed by atoms with E-state index in [-0.39, 0.29) is 46.0 Å². The van der Waals surface area contributed by atoms with Crippen molar-refractivity contribution in [1.29, 1.82) is 0 Å². The van der Waals surface area contributed by atoms with E-state index in [4.69, 9.17) is 19.3 Å². The normalized spacial score (nSPS) is 17.6. The molecule has 3 aromatic heterocycles. The van der Waals surface area contributed by atoms with Gasteiger partial charge in [-0.25, -0.2) is 9.50 Å². The number of hydrogen-bond acceptors (Lipinski definition) is 11. The number of nitrogens with one attached hydrogen (secondary N) is 1. The molecular weight excluding hydrogens is 709 g/mol. The van der Waals surface area contributed by atoms with Crippen LogP contribution in [-0.4, -0.2) is 141 Å². The minimum atomic E-state index is -3.08. The van der Waals surface area contributed by atoms with E-state index < -0.39 is 12.5 Å². The lowest BCUT2D eigenvalue weighted by atomic mass is 10.00. The van der Waals surface area contributed by atoms with E-state index in [1.165, 1.54) is 21.5 Å². The molecule has 0 unspecified atom stereocenters. The maximum Gasteiger partial charge on any atom is 0.387 e. The summed E-state index contributed by atoms with van der Waals surface area (Å²) in [5.74, 6) is -0.746. The third-order valence-electron chi connectivity index (χ3n) is 9.78.